The molecule has 24 heavy (non-hydrogen) atoms. The smallest absolute Gasteiger partial charge is 0.269 e. The topological polar surface area (TPSA) is 96.3 Å². The van der Waals surface area contributed by atoms with Gasteiger partial charge in [-0.05, 0) is 6.42 Å². The average molecular weight is 357 g/mol. The summed E-state index contributed by atoms with van der Waals surface area (Å²) in [6.45, 7) is 3.88. The van der Waals surface area contributed by atoms with Gasteiger partial charge in [0.1, 0.15) is 5.71 Å². The summed E-state index contributed by atoms with van der Waals surface area (Å²) >= 11 is 0. The van der Waals surface area contributed by atoms with Gasteiger partial charge in [0.2, 0.25) is 5.91 Å². The van der Waals surface area contributed by atoms with Gasteiger partial charge in [-0.3, -0.25) is 9.59 Å². The van der Waals surface area contributed by atoms with Gasteiger partial charge in [0.15, 0.2) is 9.84 Å². The number of hydrogen-bond donors (Lipinski definition) is 0. The van der Waals surface area contributed by atoms with E-state index in [1.165, 1.54) is 5.01 Å². The number of sulfone groups is 1. The maximum atomic E-state index is 12.6. The lowest BCUT2D eigenvalue weighted by Gasteiger charge is -2.41. The first-order valence-corrected chi connectivity index (χ1v) is 9.94. The molecule has 0 saturated carbocycles. The van der Waals surface area contributed by atoms with Crippen LogP contribution in [0.3, 0.4) is 0 Å². The Morgan fingerprint density at radius 1 is 1.42 bits per heavy atom. The summed E-state index contributed by atoms with van der Waals surface area (Å²) in [5.74, 6) is -0.426. The van der Waals surface area contributed by atoms with Crippen molar-refractivity contribution >= 4 is 27.4 Å². The van der Waals surface area contributed by atoms with Gasteiger partial charge in [-0.25, -0.2) is 13.4 Å². The number of hydrogen-bond acceptors (Lipinski definition) is 6. The normalized spacial score (nSPS) is 28.2. The molecule has 0 aromatic heterocycles. The van der Waals surface area contributed by atoms with Crippen molar-refractivity contribution in [1.29, 1.82) is 0 Å². The summed E-state index contributed by atoms with van der Waals surface area (Å²) in [6.07, 6.45) is 0.866. The SMILES string of the molecule is CN(CC1(C)COC1)C(=O)C1=NN([C@@H]2CCS(=O)(=O)C2)C(=O)CC1. The highest BCUT2D eigenvalue weighted by molar-refractivity contribution is 7.91. The van der Waals surface area contributed by atoms with E-state index in [0.29, 0.717) is 38.3 Å². The molecule has 0 spiro atoms. The van der Waals surface area contributed by atoms with Crippen LogP contribution in [0.25, 0.3) is 0 Å². The van der Waals surface area contributed by atoms with Crippen molar-refractivity contribution in [1.82, 2.24) is 9.91 Å². The van der Waals surface area contributed by atoms with E-state index in [1.807, 2.05) is 0 Å². The molecule has 0 aliphatic carbocycles. The monoisotopic (exact) mass is 357 g/mol. The maximum Gasteiger partial charge on any atom is 0.269 e. The minimum Gasteiger partial charge on any atom is -0.380 e. The summed E-state index contributed by atoms with van der Waals surface area (Å²) in [6, 6.07) is -0.451. The molecule has 3 rings (SSSR count). The Bertz CT molecular complexity index is 683. The summed E-state index contributed by atoms with van der Waals surface area (Å²) in [5.41, 5.74) is 0.291. The molecule has 0 radical (unpaired) electrons. The van der Waals surface area contributed by atoms with Crippen LogP contribution in [0, 0.1) is 5.41 Å². The van der Waals surface area contributed by atoms with Crippen LogP contribution in [-0.2, 0) is 24.2 Å². The highest BCUT2D eigenvalue weighted by Crippen LogP contribution is 2.28. The van der Waals surface area contributed by atoms with Crippen LogP contribution in [0.1, 0.15) is 26.2 Å². The Balaban J connectivity index is 1.71. The number of ether oxygens (including phenoxy) is 1. The van der Waals surface area contributed by atoms with Crippen molar-refractivity contribution < 1.29 is 22.7 Å². The molecule has 1 atom stereocenters. The molecule has 134 valence electrons. The first-order chi connectivity index (χ1) is 11.2. The third-order valence-electron chi connectivity index (χ3n) is 4.73. The second kappa shape index (κ2) is 6.11. The van der Waals surface area contributed by atoms with Crippen LogP contribution in [0.5, 0.6) is 0 Å². The summed E-state index contributed by atoms with van der Waals surface area (Å²) < 4.78 is 28.5. The Morgan fingerprint density at radius 3 is 2.67 bits per heavy atom. The van der Waals surface area contributed by atoms with E-state index in [1.54, 1.807) is 11.9 Å². The first kappa shape index (κ1) is 17.3. The lowest BCUT2D eigenvalue weighted by atomic mass is 9.88. The quantitative estimate of drug-likeness (QED) is 0.685. The Kier molecular flexibility index (Phi) is 4.41. The molecule has 0 N–H and O–H groups in total. The van der Waals surface area contributed by atoms with Gasteiger partial charge in [-0.1, -0.05) is 6.92 Å². The lowest BCUT2D eigenvalue weighted by molar-refractivity contribution is -0.137. The molecular formula is C15H23N3O5S. The van der Waals surface area contributed by atoms with E-state index in [-0.39, 0.29) is 35.2 Å². The Hall–Kier alpha value is -1.48. The predicted octanol–water partition coefficient (Wildman–Crippen LogP) is -0.353. The van der Waals surface area contributed by atoms with Crippen LogP contribution in [0.2, 0.25) is 0 Å². The molecule has 8 nitrogen and oxygen atoms in total. The number of hydrazone groups is 1. The van der Waals surface area contributed by atoms with Crippen molar-refractivity contribution in [2.24, 2.45) is 10.5 Å². The van der Waals surface area contributed by atoms with Crippen LogP contribution >= 0.6 is 0 Å². The molecule has 3 heterocycles. The second-order valence-electron chi connectivity index (χ2n) is 7.31. The van der Waals surface area contributed by atoms with Crippen LogP contribution < -0.4 is 0 Å². The zero-order valence-corrected chi connectivity index (χ0v) is 14.8. The van der Waals surface area contributed by atoms with Gasteiger partial charge >= 0.3 is 0 Å². The largest absolute Gasteiger partial charge is 0.380 e. The zero-order valence-electron chi connectivity index (χ0n) is 14.0. The van der Waals surface area contributed by atoms with Crippen molar-refractivity contribution in [2.45, 2.75) is 32.2 Å². The maximum absolute atomic E-state index is 12.6. The van der Waals surface area contributed by atoms with E-state index in [9.17, 15) is 18.0 Å². The molecule has 0 bridgehead atoms. The fraction of sp³-hybridized carbons (Fsp3) is 0.800. The van der Waals surface area contributed by atoms with Gasteiger partial charge in [0, 0.05) is 31.8 Å². The number of nitrogens with zero attached hydrogens (tertiary/aromatic N) is 3. The van der Waals surface area contributed by atoms with Gasteiger partial charge < -0.3 is 9.64 Å². The van der Waals surface area contributed by atoms with Crippen molar-refractivity contribution in [3.8, 4) is 0 Å². The lowest BCUT2D eigenvalue weighted by Crippen LogP contribution is -2.51. The number of amides is 2. The number of carbonyl (C=O) groups excluding carboxylic acids is 2. The predicted molar refractivity (Wildman–Crippen MR) is 87.1 cm³/mol. The van der Waals surface area contributed by atoms with Crippen molar-refractivity contribution in [3.63, 3.8) is 0 Å². The fourth-order valence-electron chi connectivity index (χ4n) is 3.39. The van der Waals surface area contributed by atoms with Crippen LogP contribution in [-0.4, -0.2) is 80.2 Å². The number of carbonyl (C=O) groups is 2. The van der Waals surface area contributed by atoms with Crippen molar-refractivity contribution in [2.75, 3.05) is 38.3 Å². The summed E-state index contributed by atoms with van der Waals surface area (Å²) in [4.78, 5) is 26.3. The molecule has 2 saturated heterocycles. The Labute approximate surface area is 141 Å². The number of rotatable bonds is 4. The molecule has 3 aliphatic rings. The molecule has 2 amide bonds. The molecule has 9 heteroatoms. The summed E-state index contributed by atoms with van der Waals surface area (Å²) in [7, 11) is -1.40. The zero-order chi connectivity index (χ0) is 17.5. The summed E-state index contributed by atoms with van der Waals surface area (Å²) in [5, 5.41) is 5.44. The van der Waals surface area contributed by atoms with Crippen LogP contribution in [0.15, 0.2) is 5.10 Å². The third kappa shape index (κ3) is 3.46. The minimum absolute atomic E-state index is 0.0331. The van der Waals surface area contributed by atoms with Crippen molar-refractivity contribution in [3.05, 3.63) is 0 Å². The minimum atomic E-state index is -3.11. The van der Waals surface area contributed by atoms with Gasteiger partial charge in [0.25, 0.3) is 5.91 Å². The Morgan fingerprint density at radius 2 is 2.12 bits per heavy atom. The van der Waals surface area contributed by atoms with E-state index >= 15 is 0 Å². The molecule has 2 fully saturated rings. The van der Waals surface area contributed by atoms with Crippen LogP contribution in [0.4, 0.5) is 0 Å². The standard InChI is InChI=1S/C15H23N3O5S/c1-15(9-23-10-15)8-17(2)14(20)12-3-4-13(19)18(16-12)11-5-6-24(21,22)7-11/h11H,3-10H2,1-2H3/t11-/m1/s1. The molecule has 0 aromatic rings. The molecular weight excluding hydrogens is 334 g/mol. The molecule has 3 aliphatic heterocycles. The highest BCUT2D eigenvalue weighted by atomic mass is 32.2. The van der Waals surface area contributed by atoms with E-state index < -0.39 is 15.9 Å². The van der Waals surface area contributed by atoms with Gasteiger partial charge in [-0.15, -0.1) is 0 Å². The van der Waals surface area contributed by atoms with Gasteiger partial charge in [0.05, 0.1) is 30.8 Å². The van der Waals surface area contributed by atoms with Gasteiger partial charge in [-0.2, -0.15) is 5.10 Å². The fourth-order valence-corrected chi connectivity index (χ4v) is 5.08. The van der Waals surface area contributed by atoms with E-state index in [4.69, 9.17) is 4.74 Å². The van der Waals surface area contributed by atoms with E-state index in [2.05, 4.69) is 12.0 Å². The average Bonchev–Trinajstić information content (AvgIpc) is 2.85. The van der Waals surface area contributed by atoms with E-state index in [0.717, 1.165) is 0 Å². The molecule has 0 aromatic carbocycles. The highest BCUT2D eigenvalue weighted by Gasteiger charge is 2.39. The first-order valence-electron chi connectivity index (χ1n) is 8.12. The third-order valence-corrected chi connectivity index (χ3v) is 6.48. The second-order valence-corrected chi connectivity index (χ2v) is 9.54. The molecule has 0 unspecified atom stereocenters.